The summed E-state index contributed by atoms with van der Waals surface area (Å²) in [6.45, 7) is 3.91. The summed E-state index contributed by atoms with van der Waals surface area (Å²) < 4.78 is 6.94. The Kier molecular flexibility index (Phi) is 8.07. The number of aryl methyl sites for hydroxylation is 1. The minimum Gasteiger partial charge on any atom is -0.478 e. The van der Waals surface area contributed by atoms with Crippen LogP contribution in [0.15, 0.2) is 72.9 Å². The van der Waals surface area contributed by atoms with Crippen LogP contribution < -0.4 is 15.5 Å². The Bertz CT molecular complexity index is 1640. The second-order valence-corrected chi connectivity index (χ2v) is 10.5. The zero-order valence-corrected chi connectivity index (χ0v) is 24.2. The number of nitrogens with one attached hydrogen (secondary N) is 2. The fraction of sp³-hybridized carbons (Fsp3) is 0.200. The molecular formula is C30H28ClN5O4S. The number of rotatable bonds is 8. The van der Waals surface area contributed by atoms with Gasteiger partial charge in [0.15, 0.2) is 5.11 Å². The SMILES string of the molecule is COCC(=O)Nc1ccc(N2C(=S)N[C@H](c3ccccn3)[C@H]2c2cc(C)n(-c3cccc(C(=O)O)c3)c2C)cc1Cl. The molecule has 2 aromatic carbocycles. The van der Waals surface area contributed by atoms with E-state index in [9.17, 15) is 14.7 Å². The van der Waals surface area contributed by atoms with Gasteiger partial charge in [0.2, 0.25) is 5.91 Å². The fourth-order valence-electron chi connectivity index (χ4n) is 5.28. The smallest absolute Gasteiger partial charge is 0.335 e. The Morgan fingerprint density at radius 2 is 1.90 bits per heavy atom. The van der Waals surface area contributed by atoms with Crippen molar-refractivity contribution >= 4 is 52.2 Å². The Morgan fingerprint density at radius 3 is 2.59 bits per heavy atom. The molecule has 11 heteroatoms. The van der Waals surface area contributed by atoms with E-state index < -0.39 is 5.97 Å². The standard InChI is InChI=1S/C30H28ClN5O4S/c1-17-13-22(18(2)35(17)20-8-6-7-19(14-20)29(38)39)28-27(25-9-4-5-12-32-25)34-30(41)36(28)21-10-11-24(23(31)15-21)33-26(37)16-40-3/h4-15,27-28H,16H2,1-3H3,(H,33,37)(H,34,41)(H,38,39)/t27-,28-/m1/s1. The molecule has 1 aliphatic rings. The van der Waals surface area contributed by atoms with Crippen molar-refractivity contribution < 1.29 is 19.4 Å². The van der Waals surface area contributed by atoms with E-state index in [4.69, 9.17) is 28.6 Å². The summed E-state index contributed by atoms with van der Waals surface area (Å²) in [6, 6.07) is 19.4. The molecule has 41 heavy (non-hydrogen) atoms. The van der Waals surface area contributed by atoms with Crippen LogP contribution in [0.4, 0.5) is 11.4 Å². The van der Waals surface area contributed by atoms with Crippen molar-refractivity contribution in [2.75, 3.05) is 23.9 Å². The maximum atomic E-state index is 12.1. The minimum absolute atomic E-state index is 0.0863. The molecular weight excluding hydrogens is 562 g/mol. The molecule has 1 aliphatic heterocycles. The number of benzene rings is 2. The molecule has 1 amide bonds. The molecule has 210 valence electrons. The van der Waals surface area contributed by atoms with Gasteiger partial charge >= 0.3 is 5.97 Å². The molecule has 3 heterocycles. The third kappa shape index (κ3) is 5.54. The highest BCUT2D eigenvalue weighted by molar-refractivity contribution is 7.80. The van der Waals surface area contributed by atoms with Gasteiger partial charge in [0.1, 0.15) is 6.61 Å². The van der Waals surface area contributed by atoms with Crippen LogP contribution in [0.3, 0.4) is 0 Å². The van der Waals surface area contributed by atoms with E-state index in [0.29, 0.717) is 15.8 Å². The first-order valence-corrected chi connectivity index (χ1v) is 13.6. The molecule has 0 spiro atoms. The van der Waals surface area contributed by atoms with Crippen LogP contribution >= 0.6 is 23.8 Å². The van der Waals surface area contributed by atoms with Gasteiger partial charge in [-0.15, -0.1) is 0 Å². The molecule has 1 saturated heterocycles. The van der Waals surface area contributed by atoms with Gasteiger partial charge in [0.05, 0.1) is 34.1 Å². The molecule has 4 aromatic rings. The number of pyridine rings is 1. The second kappa shape index (κ2) is 11.7. The first-order valence-electron chi connectivity index (χ1n) is 12.8. The van der Waals surface area contributed by atoms with Gasteiger partial charge < -0.3 is 29.9 Å². The van der Waals surface area contributed by atoms with Gasteiger partial charge in [-0.1, -0.05) is 23.7 Å². The van der Waals surface area contributed by atoms with E-state index >= 15 is 0 Å². The second-order valence-electron chi connectivity index (χ2n) is 9.66. The van der Waals surface area contributed by atoms with Crippen LogP contribution in [-0.4, -0.2) is 45.4 Å². The average molecular weight is 590 g/mol. The number of anilines is 2. The number of aromatic carboxylic acids is 1. The van der Waals surface area contributed by atoms with E-state index in [1.54, 1.807) is 36.5 Å². The average Bonchev–Trinajstić information content (AvgIpc) is 3.45. The number of hydrogen-bond donors (Lipinski definition) is 3. The van der Waals surface area contributed by atoms with Crippen LogP contribution in [0.25, 0.3) is 5.69 Å². The van der Waals surface area contributed by atoms with Gasteiger partial charge in [-0.05, 0) is 86.2 Å². The maximum absolute atomic E-state index is 12.1. The van der Waals surface area contributed by atoms with Gasteiger partial charge in [0, 0.05) is 36.1 Å². The highest BCUT2D eigenvalue weighted by Crippen LogP contribution is 2.44. The number of carbonyl (C=O) groups is 2. The molecule has 0 aliphatic carbocycles. The van der Waals surface area contributed by atoms with Crippen LogP contribution in [0.5, 0.6) is 0 Å². The lowest BCUT2D eigenvalue weighted by Gasteiger charge is -2.28. The number of carboxylic acid groups (broad SMARTS) is 1. The summed E-state index contributed by atoms with van der Waals surface area (Å²) in [4.78, 5) is 30.3. The number of aromatic nitrogens is 2. The normalized spacial score (nSPS) is 16.5. The van der Waals surface area contributed by atoms with Crippen LogP contribution in [0.2, 0.25) is 5.02 Å². The summed E-state index contributed by atoms with van der Waals surface area (Å²) in [5.74, 6) is -1.30. The molecule has 9 nitrogen and oxygen atoms in total. The van der Waals surface area contributed by atoms with Crippen molar-refractivity contribution in [3.8, 4) is 5.69 Å². The largest absolute Gasteiger partial charge is 0.478 e. The molecule has 0 saturated carbocycles. The zero-order valence-electron chi connectivity index (χ0n) is 22.6. The number of nitrogens with zero attached hydrogens (tertiary/aromatic N) is 3. The first-order chi connectivity index (χ1) is 19.7. The van der Waals surface area contributed by atoms with Gasteiger partial charge in [-0.2, -0.15) is 0 Å². The van der Waals surface area contributed by atoms with Crippen LogP contribution in [0.1, 0.15) is 45.1 Å². The fourth-order valence-corrected chi connectivity index (χ4v) is 5.85. The Labute approximate surface area is 247 Å². The number of hydrogen-bond acceptors (Lipinski definition) is 5. The summed E-state index contributed by atoms with van der Waals surface area (Å²) in [5.41, 5.74) is 5.83. The summed E-state index contributed by atoms with van der Waals surface area (Å²) >= 11 is 12.5. The lowest BCUT2D eigenvalue weighted by molar-refractivity contribution is -0.119. The van der Waals surface area contributed by atoms with Crippen LogP contribution in [-0.2, 0) is 9.53 Å². The van der Waals surface area contributed by atoms with Crippen molar-refractivity contribution in [3.63, 3.8) is 0 Å². The van der Waals surface area contributed by atoms with Crippen molar-refractivity contribution in [3.05, 3.63) is 106 Å². The van der Waals surface area contributed by atoms with Gasteiger partial charge in [-0.25, -0.2) is 4.79 Å². The predicted octanol–water partition coefficient (Wildman–Crippen LogP) is 5.60. The third-order valence-electron chi connectivity index (χ3n) is 7.02. The van der Waals surface area contributed by atoms with Crippen molar-refractivity contribution in [2.45, 2.75) is 25.9 Å². The lowest BCUT2D eigenvalue weighted by atomic mass is 9.96. The summed E-state index contributed by atoms with van der Waals surface area (Å²) in [7, 11) is 1.45. The number of carboxylic acids is 1. The van der Waals surface area contributed by atoms with Crippen LogP contribution in [0, 0.1) is 13.8 Å². The molecule has 0 bridgehead atoms. The van der Waals surface area contributed by atoms with Crippen molar-refractivity contribution in [1.29, 1.82) is 0 Å². The Balaban J connectivity index is 1.61. The molecule has 5 rings (SSSR count). The summed E-state index contributed by atoms with van der Waals surface area (Å²) in [6.07, 6.45) is 1.74. The third-order valence-corrected chi connectivity index (χ3v) is 7.65. The van der Waals surface area contributed by atoms with E-state index in [-0.39, 0.29) is 30.2 Å². The quantitative estimate of drug-likeness (QED) is 0.228. The van der Waals surface area contributed by atoms with Crippen molar-refractivity contribution in [2.24, 2.45) is 0 Å². The number of methoxy groups -OCH3 is 1. The number of carbonyl (C=O) groups excluding carboxylic acids is 1. The molecule has 1 fully saturated rings. The number of thiocarbonyl (C=S) groups is 1. The van der Waals surface area contributed by atoms with E-state index in [0.717, 1.165) is 34.0 Å². The predicted molar refractivity (Wildman–Crippen MR) is 162 cm³/mol. The highest BCUT2D eigenvalue weighted by Gasteiger charge is 2.42. The topological polar surface area (TPSA) is 109 Å². The summed E-state index contributed by atoms with van der Waals surface area (Å²) in [5, 5.41) is 16.6. The van der Waals surface area contributed by atoms with E-state index in [1.807, 2.05) is 53.6 Å². The Morgan fingerprint density at radius 1 is 1.10 bits per heavy atom. The van der Waals surface area contributed by atoms with Crippen molar-refractivity contribution in [1.82, 2.24) is 14.9 Å². The zero-order chi connectivity index (χ0) is 29.3. The minimum atomic E-state index is -0.986. The maximum Gasteiger partial charge on any atom is 0.335 e. The number of halogens is 1. The van der Waals surface area contributed by atoms with E-state index in [2.05, 4.69) is 21.7 Å². The number of amides is 1. The van der Waals surface area contributed by atoms with Gasteiger partial charge in [0.25, 0.3) is 0 Å². The molecule has 0 unspecified atom stereocenters. The van der Waals surface area contributed by atoms with Gasteiger partial charge in [-0.3, -0.25) is 9.78 Å². The Hall–Kier alpha value is -4.25. The lowest BCUT2D eigenvalue weighted by Crippen LogP contribution is -2.29. The monoisotopic (exact) mass is 589 g/mol. The molecule has 3 N–H and O–H groups in total. The number of ether oxygens (including phenoxy) is 1. The molecule has 2 aromatic heterocycles. The first kappa shape index (κ1) is 28.3. The van der Waals surface area contributed by atoms with E-state index in [1.165, 1.54) is 7.11 Å². The molecule has 2 atom stereocenters. The molecule has 0 radical (unpaired) electrons. The highest BCUT2D eigenvalue weighted by atomic mass is 35.5.